The molecule has 1 aliphatic carbocycles. The van der Waals surface area contributed by atoms with Gasteiger partial charge in [-0.1, -0.05) is 25.3 Å². The predicted molar refractivity (Wildman–Crippen MR) is 156 cm³/mol. The molecule has 9 nitrogen and oxygen atoms in total. The van der Waals surface area contributed by atoms with Crippen LogP contribution < -0.4 is 21.1 Å². The first-order valence-electron chi connectivity index (χ1n) is 14.3. The van der Waals surface area contributed by atoms with Crippen molar-refractivity contribution in [2.45, 2.75) is 44.3 Å². The summed E-state index contributed by atoms with van der Waals surface area (Å²) in [6.07, 6.45) is 0.569. The zero-order valence-electron chi connectivity index (χ0n) is 23.9. The minimum absolute atomic E-state index is 0.0145. The van der Waals surface area contributed by atoms with E-state index in [2.05, 4.69) is 15.6 Å². The van der Waals surface area contributed by atoms with Gasteiger partial charge in [-0.15, -0.1) is 0 Å². The number of benzene rings is 2. The van der Waals surface area contributed by atoms with E-state index in [0.29, 0.717) is 31.0 Å². The monoisotopic (exact) mass is 613 g/mol. The van der Waals surface area contributed by atoms with E-state index in [1.165, 1.54) is 29.2 Å². The van der Waals surface area contributed by atoms with Gasteiger partial charge >= 0.3 is 6.18 Å². The van der Waals surface area contributed by atoms with E-state index >= 15 is 4.39 Å². The van der Waals surface area contributed by atoms with Crippen molar-refractivity contribution in [2.24, 2.45) is 0 Å². The Kier molecular flexibility index (Phi) is 8.75. The number of piperazine rings is 1. The minimum Gasteiger partial charge on any atom is -0.359 e. The van der Waals surface area contributed by atoms with Crippen LogP contribution in [-0.2, 0) is 11.0 Å². The lowest BCUT2D eigenvalue weighted by molar-refractivity contribution is -0.138. The fourth-order valence-corrected chi connectivity index (χ4v) is 5.53. The van der Waals surface area contributed by atoms with E-state index in [4.69, 9.17) is 0 Å². The number of likely N-dealkylation sites (N-methyl/N-ethyl adjacent to an activating group) is 1. The van der Waals surface area contributed by atoms with Gasteiger partial charge in [-0.05, 0) is 48.7 Å². The van der Waals surface area contributed by atoms with E-state index in [1.54, 1.807) is 18.0 Å². The molecule has 5 rings (SSSR count). The largest absolute Gasteiger partial charge is 0.417 e. The van der Waals surface area contributed by atoms with Gasteiger partial charge in [-0.2, -0.15) is 13.2 Å². The lowest BCUT2D eigenvalue weighted by Gasteiger charge is -2.34. The molecule has 3 N–H and O–H groups in total. The molecule has 13 heteroatoms. The molecule has 0 atom stereocenters. The molecule has 3 amide bonds. The third kappa shape index (κ3) is 6.76. The first kappa shape index (κ1) is 30.8. The van der Waals surface area contributed by atoms with Gasteiger partial charge in [0, 0.05) is 49.6 Å². The standard InChI is InChI=1S/C31H31F4N5O4/c1-39-11-12-40(17-28(39)42)26-10-8-18(14-25(26)38-30(44)22-16-36-27(41)15-23(22)31(33,34)35)21-13-19(7-9-24(21)32)29(43)37-20-5-3-2-4-6-20/h7-10,13-16,20H,2-6,11-12,17H2,1H3,(H,36,41)(H,37,43)(H,38,44). The van der Waals surface area contributed by atoms with Crippen LogP contribution in [0.4, 0.5) is 28.9 Å². The number of nitrogens with one attached hydrogen (secondary N) is 3. The third-order valence-corrected chi connectivity index (χ3v) is 8.00. The molecule has 1 saturated carbocycles. The molecule has 1 aliphatic heterocycles. The number of alkyl halides is 3. The average molecular weight is 614 g/mol. The summed E-state index contributed by atoms with van der Waals surface area (Å²) in [5, 5.41) is 5.47. The van der Waals surface area contributed by atoms with Gasteiger partial charge in [0.25, 0.3) is 11.8 Å². The summed E-state index contributed by atoms with van der Waals surface area (Å²) in [4.78, 5) is 55.6. The second-order valence-corrected chi connectivity index (χ2v) is 11.0. The first-order chi connectivity index (χ1) is 20.9. The highest BCUT2D eigenvalue weighted by molar-refractivity contribution is 6.07. The van der Waals surface area contributed by atoms with E-state index in [0.717, 1.165) is 38.2 Å². The predicted octanol–water partition coefficient (Wildman–Crippen LogP) is 4.79. The maximum absolute atomic E-state index is 15.2. The summed E-state index contributed by atoms with van der Waals surface area (Å²) >= 11 is 0. The van der Waals surface area contributed by atoms with Crippen LogP contribution in [-0.4, -0.2) is 60.3 Å². The number of carbonyl (C=O) groups is 3. The zero-order valence-corrected chi connectivity index (χ0v) is 23.9. The quantitative estimate of drug-likeness (QED) is 0.346. The van der Waals surface area contributed by atoms with Gasteiger partial charge in [0.05, 0.1) is 29.0 Å². The van der Waals surface area contributed by atoms with Gasteiger partial charge in [-0.3, -0.25) is 19.2 Å². The molecule has 0 bridgehead atoms. The fraction of sp³-hybridized carbons (Fsp3) is 0.355. The molecule has 0 unspecified atom stereocenters. The van der Waals surface area contributed by atoms with Gasteiger partial charge in [0.1, 0.15) is 5.82 Å². The average Bonchev–Trinajstić information content (AvgIpc) is 2.99. The molecule has 1 saturated heterocycles. The number of H-pyrrole nitrogens is 1. The Hall–Kier alpha value is -4.68. The molecular weight excluding hydrogens is 582 g/mol. The Morgan fingerprint density at radius 1 is 0.955 bits per heavy atom. The molecule has 0 spiro atoms. The summed E-state index contributed by atoms with van der Waals surface area (Å²) in [7, 11) is 1.64. The Labute approximate surface area is 250 Å². The number of aromatic amines is 1. The Bertz CT molecular complexity index is 1650. The van der Waals surface area contributed by atoms with E-state index in [1.807, 2.05) is 0 Å². The van der Waals surface area contributed by atoms with Crippen molar-refractivity contribution in [3.8, 4) is 11.1 Å². The molecule has 2 heterocycles. The lowest BCUT2D eigenvalue weighted by atomic mass is 9.95. The normalized spacial score (nSPS) is 16.2. The minimum atomic E-state index is -4.99. The summed E-state index contributed by atoms with van der Waals surface area (Å²) in [6, 6.07) is 8.72. The van der Waals surface area contributed by atoms with Gasteiger partial charge in [0.15, 0.2) is 0 Å². The number of aromatic nitrogens is 1. The smallest absolute Gasteiger partial charge is 0.359 e. The molecule has 2 aromatic carbocycles. The van der Waals surface area contributed by atoms with Crippen molar-refractivity contribution in [3.05, 3.63) is 81.5 Å². The molecule has 3 aromatic rings. The molecule has 44 heavy (non-hydrogen) atoms. The summed E-state index contributed by atoms with van der Waals surface area (Å²) in [6.45, 7) is 0.664. The molecule has 2 fully saturated rings. The topological polar surface area (TPSA) is 115 Å². The number of pyridine rings is 1. The molecule has 0 radical (unpaired) electrons. The number of anilines is 2. The van der Waals surface area contributed by atoms with Crippen LogP contribution in [0, 0.1) is 5.82 Å². The maximum Gasteiger partial charge on any atom is 0.417 e. The van der Waals surface area contributed by atoms with Crippen LogP contribution in [0.3, 0.4) is 0 Å². The number of hydrogen-bond donors (Lipinski definition) is 3. The van der Waals surface area contributed by atoms with Crippen LogP contribution in [0.2, 0.25) is 0 Å². The van der Waals surface area contributed by atoms with E-state index < -0.39 is 34.6 Å². The highest BCUT2D eigenvalue weighted by Crippen LogP contribution is 2.36. The van der Waals surface area contributed by atoms with Crippen molar-refractivity contribution in [2.75, 3.05) is 36.9 Å². The van der Waals surface area contributed by atoms with Crippen molar-refractivity contribution in [1.29, 1.82) is 0 Å². The van der Waals surface area contributed by atoms with Crippen LogP contribution in [0.25, 0.3) is 11.1 Å². The lowest BCUT2D eigenvalue weighted by Crippen LogP contribution is -2.48. The molecule has 2 aliphatic rings. The third-order valence-electron chi connectivity index (χ3n) is 8.00. The van der Waals surface area contributed by atoms with Gasteiger partial charge in [-0.25, -0.2) is 4.39 Å². The summed E-state index contributed by atoms with van der Waals surface area (Å²) in [5.74, 6) is -2.38. The fourth-order valence-electron chi connectivity index (χ4n) is 5.53. The molecular formula is C31H31F4N5O4. The number of rotatable bonds is 6. The summed E-state index contributed by atoms with van der Waals surface area (Å²) < 4.78 is 56.3. The summed E-state index contributed by atoms with van der Waals surface area (Å²) in [5.41, 5.74) is -2.42. The van der Waals surface area contributed by atoms with Crippen LogP contribution in [0.15, 0.2) is 53.5 Å². The van der Waals surface area contributed by atoms with E-state index in [-0.39, 0.29) is 46.8 Å². The molecule has 1 aromatic heterocycles. The maximum atomic E-state index is 15.2. The number of amides is 3. The van der Waals surface area contributed by atoms with Crippen molar-refractivity contribution < 1.29 is 31.9 Å². The van der Waals surface area contributed by atoms with E-state index in [9.17, 15) is 32.3 Å². The number of carbonyl (C=O) groups excluding carboxylic acids is 3. The Balaban J connectivity index is 1.52. The Morgan fingerprint density at radius 2 is 1.70 bits per heavy atom. The number of hydrogen-bond acceptors (Lipinski definition) is 5. The number of nitrogens with zero attached hydrogens (tertiary/aromatic N) is 2. The van der Waals surface area contributed by atoms with Crippen LogP contribution >= 0.6 is 0 Å². The SMILES string of the molecule is CN1CCN(c2ccc(-c3cc(C(=O)NC4CCCCC4)ccc3F)cc2NC(=O)c2c[nH]c(=O)cc2C(F)(F)F)CC1=O. The number of halogens is 4. The highest BCUT2D eigenvalue weighted by Gasteiger charge is 2.36. The van der Waals surface area contributed by atoms with Crippen molar-refractivity contribution >= 4 is 29.1 Å². The second kappa shape index (κ2) is 12.5. The van der Waals surface area contributed by atoms with Gasteiger partial charge < -0.3 is 25.4 Å². The zero-order chi connectivity index (χ0) is 31.6. The first-order valence-corrected chi connectivity index (χ1v) is 14.3. The molecule has 232 valence electrons. The highest BCUT2D eigenvalue weighted by atomic mass is 19.4. The second-order valence-electron chi connectivity index (χ2n) is 11.0. The van der Waals surface area contributed by atoms with Crippen molar-refractivity contribution in [3.63, 3.8) is 0 Å². The Morgan fingerprint density at radius 3 is 2.41 bits per heavy atom. The van der Waals surface area contributed by atoms with Crippen LogP contribution in [0.1, 0.15) is 58.4 Å². The van der Waals surface area contributed by atoms with Crippen molar-refractivity contribution in [1.82, 2.24) is 15.2 Å². The van der Waals surface area contributed by atoms with Crippen LogP contribution in [0.5, 0.6) is 0 Å². The van der Waals surface area contributed by atoms with Gasteiger partial charge in [0.2, 0.25) is 11.5 Å².